The van der Waals surface area contributed by atoms with Gasteiger partial charge in [-0.1, -0.05) is 41.5 Å². The SMILES string of the molecule is CC(N)CC(C)(C)OCC(C)C(C)(C)C(C)OCCC(C)(C)C(C)(C)OCC(C)C(C)(C)N. The average Bonchev–Trinajstić information content (AvgIpc) is 2.61. The van der Waals surface area contributed by atoms with Crippen LogP contribution in [0.3, 0.4) is 0 Å². The smallest absolute Gasteiger partial charge is 0.0678 e. The van der Waals surface area contributed by atoms with Crippen molar-refractivity contribution in [2.45, 2.75) is 139 Å². The van der Waals surface area contributed by atoms with Crippen LogP contribution in [0.15, 0.2) is 0 Å². The van der Waals surface area contributed by atoms with Crippen LogP contribution in [0.5, 0.6) is 0 Å². The van der Waals surface area contributed by atoms with E-state index in [1.54, 1.807) is 0 Å². The summed E-state index contributed by atoms with van der Waals surface area (Å²) >= 11 is 0. The zero-order chi connectivity index (χ0) is 26.5. The molecule has 0 aliphatic carbocycles. The van der Waals surface area contributed by atoms with E-state index >= 15 is 0 Å². The number of hydrogen-bond donors (Lipinski definition) is 2. The van der Waals surface area contributed by atoms with Crippen LogP contribution < -0.4 is 11.5 Å². The molecule has 200 valence electrons. The standard InChI is InChI=1S/C28H60N2O3/c1-20(18-32-25(7,8)17-22(3)29)26(9,10)23(4)31-16-15-24(5,6)28(13,14)33-19-21(2)27(11,12)30/h20-23H,15-19,29-30H2,1-14H3. The van der Waals surface area contributed by atoms with Crippen LogP contribution in [-0.4, -0.2) is 48.7 Å². The molecular weight excluding hydrogens is 412 g/mol. The number of nitrogens with two attached hydrogens (primary N) is 2. The Bertz CT molecular complexity index is 562. The molecule has 0 aliphatic heterocycles. The topological polar surface area (TPSA) is 79.7 Å². The fraction of sp³-hybridized carbons (Fsp3) is 1.00. The molecule has 0 bridgehead atoms. The van der Waals surface area contributed by atoms with Crippen molar-refractivity contribution in [3.63, 3.8) is 0 Å². The minimum atomic E-state index is -0.276. The highest BCUT2D eigenvalue weighted by atomic mass is 16.5. The number of rotatable bonds is 16. The summed E-state index contributed by atoms with van der Waals surface area (Å²) in [5, 5.41) is 0. The first-order valence-corrected chi connectivity index (χ1v) is 13.0. The average molecular weight is 473 g/mol. The third-order valence-corrected chi connectivity index (χ3v) is 8.54. The van der Waals surface area contributed by atoms with E-state index in [1.807, 2.05) is 6.92 Å². The highest BCUT2D eigenvalue weighted by Gasteiger charge is 2.40. The molecule has 0 rings (SSSR count). The molecule has 0 spiro atoms. The maximum Gasteiger partial charge on any atom is 0.0678 e. The first kappa shape index (κ1) is 32.8. The summed E-state index contributed by atoms with van der Waals surface area (Å²) in [7, 11) is 0. The summed E-state index contributed by atoms with van der Waals surface area (Å²) < 4.78 is 19.0. The van der Waals surface area contributed by atoms with Crippen molar-refractivity contribution >= 4 is 0 Å². The molecule has 0 amide bonds. The van der Waals surface area contributed by atoms with E-state index in [1.165, 1.54) is 0 Å². The molecule has 0 saturated carbocycles. The van der Waals surface area contributed by atoms with Crippen LogP contribution in [0.25, 0.3) is 0 Å². The van der Waals surface area contributed by atoms with Crippen LogP contribution in [0.2, 0.25) is 0 Å². The summed E-state index contributed by atoms with van der Waals surface area (Å²) in [5.41, 5.74) is 11.4. The quantitative estimate of drug-likeness (QED) is 0.281. The molecule has 0 aromatic rings. The lowest BCUT2D eigenvalue weighted by atomic mass is 9.74. The van der Waals surface area contributed by atoms with Crippen molar-refractivity contribution in [1.29, 1.82) is 0 Å². The van der Waals surface area contributed by atoms with E-state index in [-0.39, 0.29) is 45.6 Å². The summed E-state index contributed by atoms with van der Waals surface area (Å²) in [6, 6.07) is 0.132. The predicted molar refractivity (Wildman–Crippen MR) is 143 cm³/mol. The van der Waals surface area contributed by atoms with E-state index in [2.05, 4.69) is 90.0 Å². The van der Waals surface area contributed by atoms with Gasteiger partial charge in [0.25, 0.3) is 0 Å². The number of hydrogen-bond acceptors (Lipinski definition) is 5. The van der Waals surface area contributed by atoms with E-state index < -0.39 is 0 Å². The molecule has 0 fully saturated rings. The largest absolute Gasteiger partial charge is 0.378 e. The van der Waals surface area contributed by atoms with Crippen molar-refractivity contribution in [3.8, 4) is 0 Å². The van der Waals surface area contributed by atoms with Gasteiger partial charge in [-0.25, -0.2) is 0 Å². The van der Waals surface area contributed by atoms with Gasteiger partial charge >= 0.3 is 0 Å². The molecule has 0 aliphatic rings. The maximum absolute atomic E-state index is 6.38. The first-order valence-electron chi connectivity index (χ1n) is 13.0. The molecular formula is C28H60N2O3. The second-order valence-corrected chi connectivity index (χ2v) is 13.7. The van der Waals surface area contributed by atoms with Gasteiger partial charge < -0.3 is 25.7 Å². The van der Waals surface area contributed by atoms with E-state index in [0.717, 1.165) is 12.8 Å². The predicted octanol–water partition coefficient (Wildman–Crippen LogP) is 6.17. The van der Waals surface area contributed by atoms with E-state index in [4.69, 9.17) is 25.7 Å². The van der Waals surface area contributed by atoms with Gasteiger partial charge in [0.2, 0.25) is 0 Å². The van der Waals surface area contributed by atoms with Crippen LogP contribution in [0.1, 0.15) is 110 Å². The van der Waals surface area contributed by atoms with Crippen LogP contribution >= 0.6 is 0 Å². The number of ether oxygens (including phenoxy) is 3. The second kappa shape index (κ2) is 12.2. The lowest BCUT2D eigenvalue weighted by Gasteiger charge is -2.44. The fourth-order valence-corrected chi connectivity index (χ4v) is 3.55. The lowest BCUT2D eigenvalue weighted by molar-refractivity contribution is -0.130. The van der Waals surface area contributed by atoms with E-state index in [9.17, 15) is 0 Å². The third-order valence-electron chi connectivity index (χ3n) is 8.54. The fourth-order valence-electron chi connectivity index (χ4n) is 3.55. The normalized spacial score (nSPS) is 18.2. The maximum atomic E-state index is 6.38. The minimum Gasteiger partial charge on any atom is -0.378 e. The third kappa shape index (κ3) is 10.9. The van der Waals surface area contributed by atoms with Crippen molar-refractivity contribution in [1.82, 2.24) is 0 Å². The van der Waals surface area contributed by atoms with Gasteiger partial charge in [-0.2, -0.15) is 0 Å². The van der Waals surface area contributed by atoms with Gasteiger partial charge in [-0.15, -0.1) is 0 Å². The Hall–Kier alpha value is -0.200. The molecule has 0 radical (unpaired) electrons. The summed E-state index contributed by atoms with van der Waals surface area (Å²) in [6.07, 6.45) is 1.89. The van der Waals surface area contributed by atoms with Crippen molar-refractivity contribution in [2.24, 2.45) is 34.1 Å². The van der Waals surface area contributed by atoms with Crippen LogP contribution in [-0.2, 0) is 14.2 Å². The van der Waals surface area contributed by atoms with Gasteiger partial charge in [0.1, 0.15) is 0 Å². The molecule has 5 nitrogen and oxygen atoms in total. The Labute approximate surface area is 207 Å². The molecule has 0 heterocycles. The molecule has 5 heteroatoms. The monoisotopic (exact) mass is 472 g/mol. The molecule has 4 N–H and O–H groups in total. The zero-order valence-electron chi connectivity index (χ0n) is 24.7. The highest BCUT2D eigenvalue weighted by Crippen LogP contribution is 2.39. The van der Waals surface area contributed by atoms with Crippen molar-refractivity contribution in [3.05, 3.63) is 0 Å². The van der Waals surface area contributed by atoms with Crippen LogP contribution in [0, 0.1) is 22.7 Å². The van der Waals surface area contributed by atoms with Gasteiger partial charge in [0, 0.05) is 18.2 Å². The summed E-state index contributed by atoms with van der Waals surface area (Å²) in [6.45, 7) is 32.5. The van der Waals surface area contributed by atoms with Crippen molar-refractivity contribution in [2.75, 3.05) is 19.8 Å². The Morgan fingerprint density at radius 3 is 1.67 bits per heavy atom. The van der Waals surface area contributed by atoms with Crippen LogP contribution in [0.4, 0.5) is 0 Å². The summed E-state index contributed by atoms with van der Waals surface area (Å²) in [4.78, 5) is 0. The van der Waals surface area contributed by atoms with Gasteiger partial charge in [-0.3, -0.25) is 0 Å². The highest BCUT2D eigenvalue weighted by molar-refractivity contribution is 4.90. The van der Waals surface area contributed by atoms with Gasteiger partial charge in [0.05, 0.1) is 30.5 Å². The molecule has 0 saturated heterocycles. The molecule has 0 aromatic heterocycles. The van der Waals surface area contributed by atoms with E-state index in [0.29, 0.717) is 25.7 Å². The molecule has 4 unspecified atom stereocenters. The van der Waals surface area contributed by atoms with Crippen molar-refractivity contribution < 1.29 is 14.2 Å². The second-order valence-electron chi connectivity index (χ2n) is 13.7. The summed E-state index contributed by atoms with van der Waals surface area (Å²) in [5.74, 6) is 0.639. The molecule has 4 atom stereocenters. The zero-order valence-corrected chi connectivity index (χ0v) is 24.7. The Morgan fingerprint density at radius 1 is 0.727 bits per heavy atom. The minimum absolute atomic E-state index is 0.0112. The molecule has 0 aromatic carbocycles. The first-order chi connectivity index (χ1) is 14.5. The lowest BCUT2D eigenvalue weighted by Crippen LogP contribution is -2.47. The van der Waals surface area contributed by atoms with Gasteiger partial charge in [0.15, 0.2) is 0 Å². The van der Waals surface area contributed by atoms with Gasteiger partial charge in [-0.05, 0) is 90.9 Å². The Balaban J connectivity index is 4.80. The Morgan fingerprint density at radius 2 is 1.21 bits per heavy atom. The Kier molecular flexibility index (Phi) is 12.1. The molecule has 33 heavy (non-hydrogen) atoms.